The van der Waals surface area contributed by atoms with E-state index in [-0.39, 0.29) is 0 Å². The summed E-state index contributed by atoms with van der Waals surface area (Å²) in [7, 11) is 0. The van der Waals surface area contributed by atoms with Crippen LogP contribution in [0.3, 0.4) is 0 Å². The van der Waals surface area contributed by atoms with Crippen molar-refractivity contribution in [2.24, 2.45) is 5.92 Å². The van der Waals surface area contributed by atoms with Gasteiger partial charge in [-0.05, 0) is 42.4 Å². The number of rotatable bonds is 3. The van der Waals surface area contributed by atoms with E-state index in [0.29, 0.717) is 5.92 Å². The molecule has 18 heavy (non-hydrogen) atoms. The van der Waals surface area contributed by atoms with Gasteiger partial charge in [0, 0.05) is 6.08 Å². The van der Waals surface area contributed by atoms with E-state index in [2.05, 4.69) is 0 Å². The fraction of sp³-hybridized carbons (Fsp3) is 0.438. The third-order valence-corrected chi connectivity index (χ3v) is 3.78. The highest BCUT2D eigenvalue weighted by Crippen LogP contribution is 2.36. The first-order valence-corrected chi connectivity index (χ1v) is 6.69. The average Bonchev–Trinajstić information content (AvgIpc) is 2.38. The summed E-state index contributed by atoms with van der Waals surface area (Å²) in [5.74, 6) is -0.422. The highest BCUT2D eigenvalue weighted by molar-refractivity contribution is 5.91. The normalized spacial score (nSPS) is 17.7. The largest absolute Gasteiger partial charge is 0.478 e. The predicted octanol–water partition coefficient (Wildman–Crippen LogP) is 4.04. The molecule has 96 valence electrons. The van der Waals surface area contributed by atoms with Crippen molar-refractivity contribution in [1.82, 2.24) is 0 Å². The van der Waals surface area contributed by atoms with Crippen LogP contribution in [-0.4, -0.2) is 11.1 Å². The minimum absolute atomic E-state index is 0.413. The molecule has 0 bridgehead atoms. The second-order valence-electron chi connectivity index (χ2n) is 5.09. The van der Waals surface area contributed by atoms with E-state index in [1.165, 1.54) is 25.3 Å². The van der Waals surface area contributed by atoms with E-state index in [0.717, 1.165) is 29.5 Å². The highest BCUT2D eigenvalue weighted by atomic mass is 16.4. The Morgan fingerprint density at radius 3 is 2.50 bits per heavy atom. The molecule has 0 aromatic heterocycles. The molecule has 0 aliphatic heterocycles. The molecule has 2 heteroatoms. The maximum absolute atomic E-state index is 11.1. The number of aliphatic carboxylic acids is 1. The zero-order valence-corrected chi connectivity index (χ0v) is 10.9. The predicted molar refractivity (Wildman–Crippen MR) is 73.4 cm³/mol. The molecular formula is C16H20O2. The molecule has 1 aromatic rings. The summed E-state index contributed by atoms with van der Waals surface area (Å²) in [6, 6.07) is 8.07. The standard InChI is InChI=1S/C16H20O2/c1-12-7-5-6-10-14(12)15(11-16(17)18)13-8-3-2-4-9-13/h5-7,10-11,13H,2-4,8-9H2,1H3,(H,17,18)/b15-11+. The van der Waals surface area contributed by atoms with Crippen LogP contribution in [0.1, 0.15) is 43.2 Å². The first-order chi connectivity index (χ1) is 8.68. The molecule has 0 heterocycles. The molecule has 1 aliphatic carbocycles. The van der Waals surface area contributed by atoms with Crippen molar-refractivity contribution in [1.29, 1.82) is 0 Å². The van der Waals surface area contributed by atoms with Crippen LogP contribution in [0.15, 0.2) is 30.3 Å². The quantitative estimate of drug-likeness (QED) is 0.815. The molecule has 2 nitrogen and oxygen atoms in total. The van der Waals surface area contributed by atoms with Gasteiger partial charge in [-0.3, -0.25) is 0 Å². The van der Waals surface area contributed by atoms with Gasteiger partial charge in [-0.15, -0.1) is 0 Å². The monoisotopic (exact) mass is 244 g/mol. The smallest absolute Gasteiger partial charge is 0.328 e. The van der Waals surface area contributed by atoms with Crippen LogP contribution in [0.5, 0.6) is 0 Å². The molecule has 0 unspecified atom stereocenters. The fourth-order valence-electron chi connectivity index (χ4n) is 2.86. The summed E-state index contributed by atoms with van der Waals surface area (Å²) in [6.45, 7) is 2.05. The van der Waals surface area contributed by atoms with Crippen molar-refractivity contribution < 1.29 is 9.90 Å². The second-order valence-corrected chi connectivity index (χ2v) is 5.09. The minimum Gasteiger partial charge on any atom is -0.478 e. The lowest BCUT2D eigenvalue weighted by atomic mass is 9.80. The van der Waals surface area contributed by atoms with Gasteiger partial charge in [0.25, 0.3) is 0 Å². The summed E-state index contributed by atoms with van der Waals surface area (Å²) >= 11 is 0. The molecule has 0 spiro atoms. The Balaban J connectivity index is 2.36. The lowest BCUT2D eigenvalue weighted by Crippen LogP contribution is -2.11. The summed E-state index contributed by atoms with van der Waals surface area (Å²) in [4.78, 5) is 11.1. The third kappa shape index (κ3) is 3.00. The van der Waals surface area contributed by atoms with Gasteiger partial charge in [-0.2, -0.15) is 0 Å². The van der Waals surface area contributed by atoms with Crippen LogP contribution in [0.4, 0.5) is 0 Å². The van der Waals surface area contributed by atoms with Gasteiger partial charge in [0.2, 0.25) is 0 Å². The Kier molecular flexibility index (Phi) is 4.19. The molecule has 1 aromatic carbocycles. The SMILES string of the molecule is Cc1ccccc1/C(=C/C(=O)O)C1CCCCC1. The Morgan fingerprint density at radius 2 is 1.89 bits per heavy atom. The number of carboxylic acids is 1. The lowest BCUT2D eigenvalue weighted by molar-refractivity contribution is -0.131. The van der Waals surface area contributed by atoms with Gasteiger partial charge in [0.15, 0.2) is 0 Å². The Bertz CT molecular complexity index is 454. The topological polar surface area (TPSA) is 37.3 Å². The minimum atomic E-state index is -0.834. The molecule has 1 aliphatic rings. The maximum atomic E-state index is 11.1. The number of carboxylic acid groups (broad SMARTS) is 1. The number of hydrogen-bond acceptors (Lipinski definition) is 1. The van der Waals surface area contributed by atoms with Crippen molar-refractivity contribution in [2.75, 3.05) is 0 Å². The molecule has 2 rings (SSSR count). The lowest BCUT2D eigenvalue weighted by Gasteiger charge is -2.25. The van der Waals surface area contributed by atoms with Crippen molar-refractivity contribution in [3.63, 3.8) is 0 Å². The van der Waals surface area contributed by atoms with Crippen molar-refractivity contribution >= 4 is 11.5 Å². The number of aryl methyl sites for hydroxylation is 1. The van der Waals surface area contributed by atoms with Crippen molar-refractivity contribution in [3.8, 4) is 0 Å². The number of allylic oxidation sites excluding steroid dienone is 1. The summed E-state index contributed by atoms with van der Waals surface area (Å²) in [6.07, 6.45) is 7.37. The van der Waals surface area contributed by atoms with E-state index in [1.807, 2.05) is 31.2 Å². The highest BCUT2D eigenvalue weighted by Gasteiger charge is 2.20. The summed E-state index contributed by atoms with van der Waals surface area (Å²) < 4.78 is 0. The first kappa shape index (κ1) is 12.9. The number of carbonyl (C=O) groups is 1. The Morgan fingerprint density at radius 1 is 1.22 bits per heavy atom. The van der Waals surface area contributed by atoms with Crippen LogP contribution in [-0.2, 0) is 4.79 Å². The fourth-order valence-corrected chi connectivity index (χ4v) is 2.86. The van der Waals surface area contributed by atoms with Crippen molar-refractivity contribution in [2.45, 2.75) is 39.0 Å². The molecular weight excluding hydrogens is 224 g/mol. The third-order valence-electron chi connectivity index (χ3n) is 3.78. The van der Waals surface area contributed by atoms with Crippen LogP contribution >= 0.6 is 0 Å². The molecule has 0 saturated heterocycles. The zero-order valence-electron chi connectivity index (χ0n) is 10.9. The van der Waals surface area contributed by atoms with E-state index in [4.69, 9.17) is 5.11 Å². The van der Waals surface area contributed by atoms with Crippen LogP contribution < -0.4 is 0 Å². The van der Waals surface area contributed by atoms with E-state index >= 15 is 0 Å². The molecule has 0 amide bonds. The van der Waals surface area contributed by atoms with Crippen molar-refractivity contribution in [3.05, 3.63) is 41.5 Å². The van der Waals surface area contributed by atoms with E-state index in [9.17, 15) is 4.79 Å². The van der Waals surface area contributed by atoms with E-state index < -0.39 is 5.97 Å². The van der Waals surface area contributed by atoms with Crippen LogP contribution in [0.25, 0.3) is 5.57 Å². The summed E-state index contributed by atoms with van der Waals surface area (Å²) in [5.41, 5.74) is 3.28. The maximum Gasteiger partial charge on any atom is 0.328 e. The first-order valence-electron chi connectivity index (χ1n) is 6.69. The van der Waals surface area contributed by atoms with Crippen LogP contribution in [0, 0.1) is 12.8 Å². The molecule has 0 atom stereocenters. The summed E-state index contributed by atoms with van der Waals surface area (Å²) in [5, 5.41) is 9.09. The number of benzene rings is 1. The molecule has 1 saturated carbocycles. The average molecular weight is 244 g/mol. The van der Waals surface area contributed by atoms with Gasteiger partial charge in [0.05, 0.1) is 0 Å². The van der Waals surface area contributed by atoms with Crippen LogP contribution in [0.2, 0.25) is 0 Å². The molecule has 1 N–H and O–H groups in total. The van der Waals surface area contributed by atoms with Gasteiger partial charge in [0.1, 0.15) is 0 Å². The molecule has 0 radical (unpaired) electrons. The zero-order chi connectivity index (χ0) is 13.0. The second kappa shape index (κ2) is 5.85. The molecule has 1 fully saturated rings. The van der Waals surface area contributed by atoms with Gasteiger partial charge < -0.3 is 5.11 Å². The Hall–Kier alpha value is -1.57. The van der Waals surface area contributed by atoms with Gasteiger partial charge in [-0.25, -0.2) is 4.79 Å². The van der Waals surface area contributed by atoms with Gasteiger partial charge >= 0.3 is 5.97 Å². The van der Waals surface area contributed by atoms with Gasteiger partial charge in [-0.1, -0.05) is 43.5 Å². The number of hydrogen-bond donors (Lipinski definition) is 1. The van der Waals surface area contributed by atoms with E-state index in [1.54, 1.807) is 0 Å². The Labute approximate surface area is 108 Å².